The number of nitrogens with zero attached hydrogens (tertiary/aromatic N) is 3. The monoisotopic (exact) mass is 648 g/mol. The summed E-state index contributed by atoms with van der Waals surface area (Å²) in [6.07, 6.45) is 0.148. The number of aliphatic hydroxyl groups is 1. The fourth-order valence-electron chi connectivity index (χ4n) is 5.60. The van der Waals surface area contributed by atoms with Crippen molar-refractivity contribution in [3.05, 3.63) is 106 Å². The Kier molecular flexibility index (Phi) is 7.21. The van der Waals surface area contributed by atoms with E-state index in [1.165, 1.54) is 38.1 Å². The fraction of sp³-hybridized carbons (Fsp3) is 0.265. The maximum Gasteiger partial charge on any atom is 0.586 e. The molecule has 1 fully saturated rings. The lowest BCUT2D eigenvalue weighted by molar-refractivity contribution is -0.286. The zero-order valence-corrected chi connectivity index (χ0v) is 25.5. The molecule has 236 valence electrons. The maximum absolute atomic E-state index is 16.0. The van der Waals surface area contributed by atoms with E-state index < -0.39 is 23.6 Å². The van der Waals surface area contributed by atoms with Gasteiger partial charge in [-0.1, -0.05) is 41.9 Å². The molecule has 1 saturated carbocycles. The molecule has 7 rings (SSSR count). The molecule has 1 amide bonds. The Balaban J connectivity index is 1.25. The van der Waals surface area contributed by atoms with Crippen molar-refractivity contribution in [1.29, 1.82) is 0 Å². The third-order valence-corrected chi connectivity index (χ3v) is 8.39. The van der Waals surface area contributed by atoms with Crippen molar-refractivity contribution in [1.82, 2.24) is 20.1 Å². The second-order valence-electron chi connectivity index (χ2n) is 12.1. The molecule has 46 heavy (non-hydrogen) atoms. The van der Waals surface area contributed by atoms with Gasteiger partial charge in [0, 0.05) is 40.7 Å². The van der Waals surface area contributed by atoms with Crippen molar-refractivity contribution in [2.45, 2.75) is 50.5 Å². The summed E-state index contributed by atoms with van der Waals surface area (Å²) in [6.45, 7) is 2.92. The van der Waals surface area contributed by atoms with Gasteiger partial charge in [-0.15, -0.1) is 8.78 Å². The molecule has 5 aromatic rings. The third kappa shape index (κ3) is 5.76. The highest BCUT2D eigenvalue weighted by Crippen LogP contribution is 2.44. The quantitative estimate of drug-likeness (QED) is 0.183. The van der Waals surface area contributed by atoms with Crippen molar-refractivity contribution in [2.75, 3.05) is 6.54 Å². The highest BCUT2D eigenvalue weighted by Gasteiger charge is 2.43. The first-order chi connectivity index (χ1) is 21.9. The largest absolute Gasteiger partial charge is 0.586 e. The Morgan fingerprint density at radius 1 is 1.11 bits per heavy atom. The molecule has 0 spiro atoms. The van der Waals surface area contributed by atoms with E-state index in [1.54, 1.807) is 12.1 Å². The van der Waals surface area contributed by atoms with Crippen LogP contribution in [0.25, 0.3) is 22.2 Å². The molecule has 1 aliphatic heterocycles. The van der Waals surface area contributed by atoms with E-state index in [9.17, 15) is 18.7 Å². The summed E-state index contributed by atoms with van der Waals surface area (Å²) in [4.78, 5) is 18.1. The molecule has 0 unspecified atom stereocenters. The van der Waals surface area contributed by atoms with Gasteiger partial charge in [-0.2, -0.15) is 5.10 Å². The molecule has 0 saturated heterocycles. The molecular formula is C34H28ClF3N4O4. The van der Waals surface area contributed by atoms with Crippen molar-refractivity contribution in [3.8, 4) is 22.8 Å². The standard InChI is InChI=1S/C34H28ClF3N4O4/c1-33(2,44)24-15-26(40-31(29(24)36)19-8-11-27-28(14-19)46-34(37,38)45-27)23(18-6-4-3-5-7-18)16-39-32(43)20-12-21-17-42(22-9-10-22)41-30(21)25(35)13-20/h3-8,11-15,17,22-23,44H,9-10,16H2,1-2H3,(H,39,43)/t23-/m0/s1. The van der Waals surface area contributed by atoms with E-state index in [0.717, 1.165) is 23.8 Å². The number of hydrogen-bond acceptors (Lipinski definition) is 6. The van der Waals surface area contributed by atoms with Crippen molar-refractivity contribution in [2.24, 2.45) is 0 Å². The first kappa shape index (κ1) is 30.1. The molecule has 0 radical (unpaired) electrons. The molecule has 3 heterocycles. The molecule has 1 aliphatic carbocycles. The van der Waals surface area contributed by atoms with Gasteiger partial charge in [-0.3, -0.25) is 9.48 Å². The summed E-state index contributed by atoms with van der Waals surface area (Å²) in [5, 5.41) is 19.6. The molecule has 1 atom stereocenters. The van der Waals surface area contributed by atoms with Crippen LogP contribution in [0.3, 0.4) is 0 Å². The third-order valence-electron chi connectivity index (χ3n) is 8.10. The van der Waals surface area contributed by atoms with Gasteiger partial charge in [0.25, 0.3) is 5.91 Å². The number of alkyl halides is 2. The molecule has 12 heteroatoms. The first-order valence-corrected chi connectivity index (χ1v) is 15.1. The van der Waals surface area contributed by atoms with Crippen LogP contribution in [0.5, 0.6) is 11.5 Å². The predicted molar refractivity (Wildman–Crippen MR) is 165 cm³/mol. The van der Waals surface area contributed by atoms with E-state index >= 15 is 4.39 Å². The zero-order valence-electron chi connectivity index (χ0n) is 24.7. The van der Waals surface area contributed by atoms with Gasteiger partial charge < -0.3 is 19.9 Å². The number of carbonyl (C=O) groups excluding carboxylic acids is 1. The summed E-state index contributed by atoms with van der Waals surface area (Å²) < 4.78 is 54.4. The van der Waals surface area contributed by atoms with E-state index in [4.69, 9.17) is 11.6 Å². The lowest BCUT2D eigenvalue weighted by atomic mass is 9.89. The molecule has 2 aromatic heterocycles. The second kappa shape index (κ2) is 11.0. The maximum atomic E-state index is 16.0. The van der Waals surface area contributed by atoms with Crippen molar-refractivity contribution >= 4 is 28.4 Å². The van der Waals surface area contributed by atoms with Crippen LogP contribution in [0.2, 0.25) is 5.02 Å². The summed E-state index contributed by atoms with van der Waals surface area (Å²) in [6, 6.07) is 18.2. The number of hydrogen-bond donors (Lipinski definition) is 2. The Morgan fingerprint density at radius 2 is 1.85 bits per heavy atom. The van der Waals surface area contributed by atoms with Gasteiger partial charge >= 0.3 is 6.29 Å². The van der Waals surface area contributed by atoms with Crippen molar-refractivity contribution < 1.29 is 32.5 Å². The number of amides is 1. The number of aromatic nitrogens is 3. The lowest BCUT2D eigenvalue weighted by Crippen LogP contribution is -2.30. The number of halogens is 4. The van der Waals surface area contributed by atoms with Crippen LogP contribution in [0, 0.1) is 5.82 Å². The van der Waals surface area contributed by atoms with E-state index in [-0.39, 0.29) is 40.8 Å². The van der Waals surface area contributed by atoms with E-state index in [0.29, 0.717) is 27.8 Å². The van der Waals surface area contributed by atoms with Crippen LogP contribution in [0.4, 0.5) is 13.2 Å². The zero-order chi connectivity index (χ0) is 32.4. The van der Waals surface area contributed by atoms with E-state index in [2.05, 4.69) is 24.9 Å². The van der Waals surface area contributed by atoms with Gasteiger partial charge in [0.05, 0.1) is 22.4 Å². The van der Waals surface area contributed by atoms with Gasteiger partial charge in [-0.05, 0) is 68.7 Å². The SMILES string of the molecule is CC(C)(O)c1cc([C@@H](CNC(=O)c2cc(Cl)c3nn(C4CC4)cc3c2)c2ccccc2)nc(-c2ccc3c(c2)OC(F)(F)O3)c1F. The predicted octanol–water partition coefficient (Wildman–Crippen LogP) is 7.34. The molecule has 0 bridgehead atoms. The number of benzene rings is 3. The molecule has 2 aliphatic rings. The summed E-state index contributed by atoms with van der Waals surface area (Å²) in [5.41, 5.74) is 0.322. The first-order valence-electron chi connectivity index (χ1n) is 14.7. The van der Waals surface area contributed by atoms with Crippen LogP contribution in [-0.4, -0.2) is 38.6 Å². The van der Waals surface area contributed by atoms with Gasteiger partial charge in [-0.25, -0.2) is 9.37 Å². The average molecular weight is 649 g/mol. The number of ether oxygens (including phenoxy) is 2. The molecule has 8 nitrogen and oxygen atoms in total. The minimum atomic E-state index is -3.85. The average Bonchev–Trinajstić information content (AvgIpc) is 3.68. The number of nitrogens with one attached hydrogen (secondary N) is 1. The topological polar surface area (TPSA) is 98.5 Å². The summed E-state index contributed by atoms with van der Waals surface area (Å²) in [5.74, 6) is -2.28. The van der Waals surface area contributed by atoms with Crippen LogP contribution >= 0.6 is 11.6 Å². The second-order valence-corrected chi connectivity index (χ2v) is 12.5. The molecule has 2 N–H and O–H groups in total. The Morgan fingerprint density at radius 3 is 2.57 bits per heavy atom. The molecular weight excluding hydrogens is 621 g/mol. The lowest BCUT2D eigenvalue weighted by Gasteiger charge is -2.24. The van der Waals surface area contributed by atoms with Gasteiger partial charge in [0.15, 0.2) is 17.3 Å². The fourth-order valence-corrected chi connectivity index (χ4v) is 5.87. The van der Waals surface area contributed by atoms with Crippen LogP contribution in [-0.2, 0) is 5.60 Å². The van der Waals surface area contributed by atoms with Crippen molar-refractivity contribution in [3.63, 3.8) is 0 Å². The van der Waals surface area contributed by atoms with Crippen LogP contribution in [0.1, 0.15) is 65.8 Å². The number of rotatable bonds is 8. The van der Waals surface area contributed by atoms with Crippen LogP contribution < -0.4 is 14.8 Å². The number of fused-ring (bicyclic) bond motifs is 2. The molecule has 3 aromatic carbocycles. The Bertz CT molecular complexity index is 1990. The number of carbonyl (C=O) groups is 1. The Labute approximate surface area is 266 Å². The smallest absolute Gasteiger partial charge is 0.395 e. The summed E-state index contributed by atoms with van der Waals surface area (Å²) in [7, 11) is 0. The number of pyridine rings is 1. The minimum absolute atomic E-state index is 0.0522. The highest BCUT2D eigenvalue weighted by molar-refractivity contribution is 6.35. The minimum Gasteiger partial charge on any atom is -0.395 e. The Hall–Kier alpha value is -4.61. The van der Waals surface area contributed by atoms with Crippen LogP contribution in [0.15, 0.2) is 72.9 Å². The summed E-state index contributed by atoms with van der Waals surface area (Å²) >= 11 is 6.52. The van der Waals surface area contributed by atoms with Gasteiger partial charge in [0.2, 0.25) is 0 Å². The normalized spacial score (nSPS) is 16.1. The highest BCUT2D eigenvalue weighted by atomic mass is 35.5. The van der Waals surface area contributed by atoms with Gasteiger partial charge in [0.1, 0.15) is 11.2 Å². The van der Waals surface area contributed by atoms with E-state index in [1.807, 2.05) is 41.2 Å².